The van der Waals surface area contributed by atoms with E-state index in [1.165, 1.54) is 6.92 Å². The molecule has 0 aliphatic carbocycles. The van der Waals surface area contributed by atoms with Gasteiger partial charge in [-0.05, 0) is 19.4 Å². The quantitative estimate of drug-likeness (QED) is 0.480. The smallest absolute Gasteiger partial charge is 0.381 e. The van der Waals surface area contributed by atoms with E-state index < -0.39 is 21.7 Å². The van der Waals surface area contributed by atoms with Crippen molar-refractivity contribution in [1.82, 2.24) is 0 Å². The van der Waals surface area contributed by atoms with Gasteiger partial charge in [0.1, 0.15) is 5.76 Å². The molecule has 122 valence electrons. The van der Waals surface area contributed by atoms with Crippen LogP contribution in [0.1, 0.15) is 31.9 Å². The third-order valence-corrected chi connectivity index (χ3v) is 4.44. The maximum Gasteiger partial charge on any atom is 0.534 e. The van der Waals surface area contributed by atoms with E-state index in [0.29, 0.717) is 5.57 Å². The Kier molecular flexibility index (Phi) is 4.53. The van der Waals surface area contributed by atoms with Crippen molar-refractivity contribution in [2.45, 2.75) is 38.0 Å². The van der Waals surface area contributed by atoms with Crippen LogP contribution in [-0.2, 0) is 19.0 Å². The van der Waals surface area contributed by atoms with Gasteiger partial charge >= 0.3 is 15.6 Å². The number of rotatable bonds is 3. The van der Waals surface area contributed by atoms with E-state index in [-0.39, 0.29) is 18.3 Å². The van der Waals surface area contributed by atoms with Gasteiger partial charge in [0.15, 0.2) is 0 Å². The second kappa shape index (κ2) is 5.92. The largest absolute Gasteiger partial charge is 0.534 e. The molecule has 1 aliphatic rings. The zero-order chi connectivity index (χ0) is 16.5. The van der Waals surface area contributed by atoms with Crippen LogP contribution in [0.4, 0.5) is 13.2 Å². The Bertz CT molecular complexity index is 665. The van der Waals surface area contributed by atoms with Gasteiger partial charge in [-0.3, -0.25) is 0 Å². The van der Waals surface area contributed by atoms with Crippen molar-refractivity contribution >= 4 is 10.1 Å². The van der Waals surface area contributed by atoms with Gasteiger partial charge in [-0.2, -0.15) is 21.6 Å². The normalized spacial score (nSPS) is 25.1. The minimum atomic E-state index is -5.65. The second-order valence-corrected chi connectivity index (χ2v) is 6.48. The lowest BCUT2D eigenvalue weighted by Crippen LogP contribution is -2.25. The third-order valence-electron chi connectivity index (χ3n) is 3.41. The number of halogens is 3. The van der Waals surface area contributed by atoms with E-state index in [1.807, 2.05) is 30.3 Å². The topological polar surface area (TPSA) is 52.6 Å². The van der Waals surface area contributed by atoms with E-state index in [1.54, 1.807) is 6.92 Å². The summed E-state index contributed by atoms with van der Waals surface area (Å²) < 4.78 is 69.0. The van der Waals surface area contributed by atoms with Gasteiger partial charge in [-0.15, -0.1) is 0 Å². The fourth-order valence-corrected chi connectivity index (χ4v) is 2.83. The molecule has 0 amide bonds. The van der Waals surface area contributed by atoms with Gasteiger partial charge in [-0.1, -0.05) is 30.3 Å². The minimum Gasteiger partial charge on any atom is -0.381 e. The molecule has 0 N–H and O–H groups in total. The van der Waals surface area contributed by atoms with Crippen molar-refractivity contribution in [1.29, 1.82) is 0 Å². The Labute approximate surface area is 126 Å². The minimum absolute atomic E-state index is 0.282. The fraction of sp³-hybridized carbons (Fsp3) is 0.429. The van der Waals surface area contributed by atoms with Crippen LogP contribution in [0.5, 0.6) is 0 Å². The summed E-state index contributed by atoms with van der Waals surface area (Å²) in [5, 5.41) is 0. The van der Waals surface area contributed by atoms with Gasteiger partial charge in [0.25, 0.3) is 0 Å². The van der Waals surface area contributed by atoms with Crippen molar-refractivity contribution in [3.05, 3.63) is 47.2 Å². The summed E-state index contributed by atoms with van der Waals surface area (Å²) in [6.45, 7) is 2.84. The van der Waals surface area contributed by atoms with Crippen molar-refractivity contribution in [3.63, 3.8) is 0 Å². The monoisotopic (exact) mass is 336 g/mol. The number of ether oxygens (including phenoxy) is 1. The summed E-state index contributed by atoms with van der Waals surface area (Å²) in [5.74, 6) is -0.289. The third kappa shape index (κ3) is 3.44. The Hall–Kier alpha value is -1.54. The number of hydrogen-bond acceptors (Lipinski definition) is 4. The van der Waals surface area contributed by atoms with Crippen LogP contribution >= 0.6 is 0 Å². The van der Waals surface area contributed by atoms with Gasteiger partial charge in [-0.25, -0.2) is 0 Å². The molecular weight excluding hydrogens is 321 g/mol. The molecule has 8 heteroatoms. The average molecular weight is 336 g/mol. The van der Waals surface area contributed by atoms with E-state index in [2.05, 4.69) is 4.18 Å². The van der Waals surface area contributed by atoms with Crippen LogP contribution in [0.25, 0.3) is 0 Å². The van der Waals surface area contributed by atoms with Crippen LogP contribution in [0.15, 0.2) is 41.7 Å². The van der Waals surface area contributed by atoms with E-state index >= 15 is 0 Å². The summed E-state index contributed by atoms with van der Waals surface area (Å²) in [5.41, 5.74) is -4.17. The Morgan fingerprint density at radius 2 is 1.86 bits per heavy atom. The van der Waals surface area contributed by atoms with Crippen LogP contribution in [0.2, 0.25) is 0 Å². The molecule has 1 aromatic carbocycles. The first-order valence-corrected chi connectivity index (χ1v) is 7.93. The van der Waals surface area contributed by atoms with E-state index in [9.17, 15) is 21.6 Å². The molecule has 4 nitrogen and oxygen atoms in total. The summed E-state index contributed by atoms with van der Waals surface area (Å²) in [4.78, 5) is 0. The van der Waals surface area contributed by atoms with Crippen LogP contribution < -0.4 is 0 Å². The number of hydrogen-bond donors (Lipinski definition) is 0. The highest BCUT2D eigenvalue weighted by atomic mass is 32.2. The summed E-state index contributed by atoms with van der Waals surface area (Å²) in [6, 6.07) is 9.15. The van der Waals surface area contributed by atoms with Crippen molar-refractivity contribution in [3.8, 4) is 0 Å². The maximum atomic E-state index is 12.4. The molecule has 1 saturated heterocycles. The maximum absolute atomic E-state index is 12.4. The fourth-order valence-electron chi connectivity index (χ4n) is 2.30. The lowest BCUT2D eigenvalue weighted by Gasteiger charge is -2.13. The lowest BCUT2D eigenvalue weighted by molar-refractivity contribution is -0.0522. The first-order chi connectivity index (χ1) is 10.1. The highest BCUT2D eigenvalue weighted by Gasteiger charge is 2.49. The Morgan fingerprint density at radius 1 is 1.27 bits per heavy atom. The molecule has 0 spiro atoms. The number of alkyl halides is 3. The lowest BCUT2D eigenvalue weighted by atomic mass is 10.0. The van der Waals surface area contributed by atoms with Gasteiger partial charge in [0.05, 0.1) is 12.2 Å². The zero-order valence-electron chi connectivity index (χ0n) is 11.9. The van der Waals surface area contributed by atoms with Crippen LogP contribution in [-0.4, -0.2) is 20.0 Å². The summed E-state index contributed by atoms with van der Waals surface area (Å²) >= 11 is 0. The van der Waals surface area contributed by atoms with Crippen molar-refractivity contribution in [2.75, 3.05) is 0 Å². The van der Waals surface area contributed by atoms with Crippen LogP contribution in [0, 0.1) is 0 Å². The molecule has 1 fully saturated rings. The molecule has 0 unspecified atom stereocenters. The molecule has 1 heterocycles. The molecule has 1 aliphatic heterocycles. The second-order valence-electron chi connectivity index (χ2n) is 4.95. The first-order valence-electron chi connectivity index (χ1n) is 6.52. The van der Waals surface area contributed by atoms with Gasteiger partial charge < -0.3 is 8.92 Å². The Balaban J connectivity index is 2.22. The van der Waals surface area contributed by atoms with Crippen LogP contribution in [0.3, 0.4) is 0 Å². The van der Waals surface area contributed by atoms with Gasteiger partial charge in [0.2, 0.25) is 0 Å². The highest BCUT2D eigenvalue weighted by molar-refractivity contribution is 7.87. The molecule has 22 heavy (non-hydrogen) atoms. The number of benzene rings is 1. The van der Waals surface area contributed by atoms with E-state index in [4.69, 9.17) is 4.74 Å². The van der Waals surface area contributed by atoms with E-state index in [0.717, 1.165) is 5.56 Å². The molecule has 0 bridgehead atoms. The number of allylic oxidation sites excluding steroid dienone is 1. The first kappa shape index (κ1) is 16.8. The molecule has 0 aromatic heterocycles. The average Bonchev–Trinajstić information content (AvgIpc) is 2.80. The molecule has 0 saturated carbocycles. The molecule has 2 rings (SSSR count). The Morgan fingerprint density at radius 3 is 2.41 bits per heavy atom. The SMILES string of the molecule is C/C(OS(=O)(=O)C(F)(F)F)=C1/C[C@H](c2ccccc2)O[C@@H]1C. The molecular formula is C14H15F3O4S. The van der Waals surface area contributed by atoms with Crippen molar-refractivity contribution < 1.29 is 30.5 Å². The predicted octanol–water partition coefficient (Wildman–Crippen LogP) is 3.68. The highest BCUT2D eigenvalue weighted by Crippen LogP contribution is 2.39. The molecule has 1 aromatic rings. The summed E-state index contributed by atoms with van der Waals surface area (Å²) in [6.07, 6.45) is -0.573. The standard InChI is InChI=1S/C14H15F3O4S/c1-9-12(10(2)21-22(18,19)14(15,16)17)8-13(20-9)11-6-4-3-5-7-11/h3-7,9,13H,8H2,1-2H3/b12-10+/t9-,13-/m1/s1. The van der Waals surface area contributed by atoms with Gasteiger partial charge in [0, 0.05) is 12.0 Å². The predicted molar refractivity (Wildman–Crippen MR) is 73.1 cm³/mol. The molecule has 0 radical (unpaired) electrons. The van der Waals surface area contributed by atoms with Crippen molar-refractivity contribution in [2.24, 2.45) is 0 Å². The molecule has 2 atom stereocenters. The zero-order valence-corrected chi connectivity index (χ0v) is 12.7. The summed E-state index contributed by atoms with van der Waals surface area (Å²) in [7, 11) is -5.65.